The van der Waals surface area contributed by atoms with Crippen LogP contribution in [-0.4, -0.2) is 28.5 Å². The molecular weight excluding hydrogens is 288 g/mol. The van der Waals surface area contributed by atoms with Crippen molar-refractivity contribution in [3.8, 4) is 11.5 Å². The molecule has 0 bridgehead atoms. The normalized spacial score (nSPS) is 18.7. The van der Waals surface area contributed by atoms with Crippen LogP contribution < -0.4 is 5.32 Å². The van der Waals surface area contributed by atoms with Crippen LogP contribution in [0.25, 0.3) is 0 Å². The number of nitrogens with one attached hydrogen (secondary N) is 1. The summed E-state index contributed by atoms with van der Waals surface area (Å²) in [7, 11) is 0. The highest BCUT2D eigenvalue weighted by Crippen LogP contribution is 2.25. The number of nitrogens with zero attached hydrogens (tertiary/aromatic N) is 1. The van der Waals surface area contributed by atoms with Crippen molar-refractivity contribution < 1.29 is 10.2 Å². The van der Waals surface area contributed by atoms with Crippen molar-refractivity contribution in [2.24, 2.45) is 4.99 Å². The Hall–Kier alpha value is -2.49. The first-order chi connectivity index (χ1) is 11.1. The van der Waals surface area contributed by atoms with E-state index in [2.05, 4.69) is 5.32 Å². The molecule has 0 radical (unpaired) electrons. The average molecular weight is 310 g/mol. The Morgan fingerprint density at radius 3 is 2.74 bits per heavy atom. The van der Waals surface area contributed by atoms with Gasteiger partial charge in [0, 0.05) is 17.9 Å². The summed E-state index contributed by atoms with van der Waals surface area (Å²) in [6.07, 6.45) is 2.96. The third-order valence-electron chi connectivity index (χ3n) is 4.26. The van der Waals surface area contributed by atoms with Crippen molar-refractivity contribution >= 4 is 11.4 Å². The molecule has 1 fully saturated rings. The van der Waals surface area contributed by atoms with Gasteiger partial charge in [-0.15, -0.1) is 0 Å². The van der Waals surface area contributed by atoms with Crippen molar-refractivity contribution in [3.63, 3.8) is 0 Å². The van der Waals surface area contributed by atoms with Crippen molar-refractivity contribution in [2.75, 3.05) is 11.9 Å². The first-order valence-corrected chi connectivity index (χ1v) is 7.99. The van der Waals surface area contributed by atoms with E-state index in [1.54, 1.807) is 18.2 Å². The van der Waals surface area contributed by atoms with Gasteiger partial charge in [0.1, 0.15) is 11.5 Å². The molecule has 0 heterocycles. The van der Waals surface area contributed by atoms with Crippen LogP contribution in [0, 0.1) is 6.92 Å². The number of aromatic hydroxyl groups is 2. The SMILES string of the molecule is Cc1cc(NC2CCC2=NCCc2cccc(O)c2)ccc1O. The molecule has 2 aromatic rings. The van der Waals surface area contributed by atoms with Crippen LogP contribution in [0.4, 0.5) is 5.69 Å². The molecule has 0 spiro atoms. The highest BCUT2D eigenvalue weighted by molar-refractivity contribution is 5.97. The zero-order valence-corrected chi connectivity index (χ0v) is 13.3. The number of phenolic OH excluding ortho intramolecular Hbond substituents is 2. The second kappa shape index (κ2) is 6.73. The summed E-state index contributed by atoms with van der Waals surface area (Å²) in [5, 5.41) is 22.5. The molecule has 3 N–H and O–H groups in total. The van der Waals surface area contributed by atoms with Gasteiger partial charge in [0.25, 0.3) is 0 Å². The number of hydrogen-bond donors (Lipinski definition) is 3. The lowest BCUT2D eigenvalue weighted by molar-refractivity contribution is 0.471. The van der Waals surface area contributed by atoms with Crippen molar-refractivity contribution in [1.82, 2.24) is 0 Å². The monoisotopic (exact) mass is 310 g/mol. The zero-order chi connectivity index (χ0) is 16.2. The van der Waals surface area contributed by atoms with Crippen LogP contribution in [-0.2, 0) is 6.42 Å². The van der Waals surface area contributed by atoms with Crippen LogP contribution in [0.15, 0.2) is 47.5 Å². The Morgan fingerprint density at radius 2 is 2.04 bits per heavy atom. The standard InChI is InChI=1S/C19H22N2O2/c1-13-11-15(5-8-19(13)23)21-18-7-6-17(18)20-10-9-14-3-2-4-16(22)12-14/h2-5,8,11-12,18,21-23H,6-7,9-10H2,1H3. The average Bonchev–Trinajstić information content (AvgIpc) is 2.51. The minimum absolute atomic E-state index is 0.295. The molecule has 0 aromatic heterocycles. The summed E-state index contributed by atoms with van der Waals surface area (Å²) < 4.78 is 0. The van der Waals surface area contributed by atoms with Gasteiger partial charge in [-0.1, -0.05) is 12.1 Å². The second-order valence-electron chi connectivity index (χ2n) is 6.03. The molecule has 120 valence electrons. The maximum atomic E-state index is 9.58. The quantitative estimate of drug-likeness (QED) is 0.738. The fourth-order valence-corrected chi connectivity index (χ4v) is 2.75. The molecule has 2 aromatic carbocycles. The Kier molecular flexibility index (Phi) is 4.51. The van der Waals surface area contributed by atoms with E-state index in [4.69, 9.17) is 4.99 Å². The van der Waals surface area contributed by atoms with Crippen LogP contribution in [0.5, 0.6) is 11.5 Å². The fraction of sp³-hybridized carbons (Fsp3) is 0.316. The molecule has 1 saturated carbocycles. The Labute approximate surface area is 136 Å². The van der Waals surface area contributed by atoms with Crippen LogP contribution in [0.3, 0.4) is 0 Å². The van der Waals surface area contributed by atoms with E-state index in [0.29, 0.717) is 17.5 Å². The third-order valence-corrected chi connectivity index (χ3v) is 4.26. The smallest absolute Gasteiger partial charge is 0.118 e. The van der Waals surface area contributed by atoms with E-state index >= 15 is 0 Å². The molecule has 1 aliphatic carbocycles. The van der Waals surface area contributed by atoms with Gasteiger partial charge in [0.2, 0.25) is 0 Å². The number of benzene rings is 2. The summed E-state index contributed by atoms with van der Waals surface area (Å²) in [5.41, 5.74) is 4.20. The van der Waals surface area contributed by atoms with Gasteiger partial charge < -0.3 is 15.5 Å². The molecule has 1 aliphatic rings. The van der Waals surface area contributed by atoms with E-state index in [0.717, 1.165) is 42.6 Å². The highest BCUT2D eigenvalue weighted by Gasteiger charge is 2.25. The number of aliphatic imine (C=N–C) groups is 1. The van der Waals surface area contributed by atoms with E-state index in [9.17, 15) is 10.2 Å². The number of aryl methyl sites for hydroxylation is 1. The van der Waals surface area contributed by atoms with Crippen molar-refractivity contribution in [1.29, 1.82) is 0 Å². The molecule has 23 heavy (non-hydrogen) atoms. The molecular formula is C19H22N2O2. The summed E-state index contributed by atoms with van der Waals surface area (Å²) >= 11 is 0. The predicted molar refractivity (Wildman–Crippen MR) is 93.6 cm³/mol. The summed E-state index contributed by atoms with van der Waals surface area (Å²) in [5.74, 6) is 0.630. The Balaban J connectivity index is 1.55. The lowest BCUT2D eigenvalue weighted by Crippen LogP contribution is -2.39. The second-order valence-corrected chi connectivity index (χ2v) is 6.03. The first-order valence-electron chi connectivity index (χ1n) is 7.99. The molecule has 0 amide bonds. The Bertz CT molecular complexity index is 725. The summed E-state index contributed by atoms with van der Waals surface area (Å²) in [6, 6.07) is 13.2. The minimum Gasteiger partial charge on any atom is -0.508 e. The van der Waals surface area contributed by atoms with E-state index in [-0.39, 0.29) is 0 Å². The molecule has 1 unspecified atom stereocenters. The summed E-state index contributed by atoms with van der Waals surface area (Å²) in [6.45, 7) is 2.64. The molecule has 0 saturated heterocycles. The number of rotatable bonds is 5. The minimum atomic E-state index is 0.295. The number of phenols is 2. The van der Waals surface area contributed by atoms with E-state index < -0.39 is 0 Å². The van der Waals surface area contributed by atoms with Gasteiger partial charge in [-0.3, -0.25) is 4.99 Å². The van der Waals surface area contributed by atoms with E-state index in [1.165, 1.54) is 5.71 Å². The lowest BCUT2D eigenvalue weighted by atomic mass is 9.89. The topological polar surface area (TPSA) is 64.9 Å². The largest absolute Gasteiger partial charge is 0.508 e. The number of hydrogen-bond acceptors (Lipinski definition) is 4. The third kappa shape index (κ3) is 3.83. The van der Waals surface area contributed by atoms with Crippen LogP contribution in [0.1, 0.15) is 24.0 Å². The van der Waals surface area contributed by atoms with Crippen molar-refractivity contribution in [3.05, 3.63) is 53.6 Å². The lowest BCUT2D eigenvalue weighted by Gasteiger charge is -2.30. The van der Waals surface area contributed by atoms with Crippen LogP contribution >= 0.6 is 0 Å². The van der Waals surface area contributed by atoms with Gasteiger partial charge in [0.05, 0.1) is 6.04 Å². The molecule has 4 nitrogen and oxygen atoms in total. The molecule has 4 heteroatoms. The van der Waals surface area contributed by atoms with Gasteiger partial charge in [-0.25, -0.2) is 0 Å². The van der Waals surface area contributed by atoms with E-state index in [1.807, 2.05) is 31.2 Å². The van der Waals surface area contributed by atoms with Gasteiger partial charge in [-0.2, -0.15) is 0 Å². The molecule has 3 rings (SSSR count). The zero-order valence-electron chi connectivity index (χ0n) is 13.3. The maximum absolute atomic E-state index is 9.58. The van der Waals surface area contributed by atoms with Gasteiger partial charge in [0.15, 0.2) is 0 Å². The maximum Gasteiger partial charge on any atom is 0.118 e. The predicted octanol–water partition coefficient (Wildman–Crippen LogP) is 3.66. The Morgan fingerprint density at radius 1 is 1.17 bits per heavy atom. The molecule has 1 atom stereocenters. The highest BCUT2D eigenvalue weighted by atomic mass is 16.3. The fourth-order valence-electron chi connectivity index (χ4n) is 2.75. The van der Waals surface area contributed by atoms with Gasteiger partial charge in [-0.05, 0) is 67.6 Å². The first kappa shape index (κ1) is 15.4. The van der Waals surface area contributed by atoms with Crippen LogP contribution in [0.2, 0.25) is 0 Å². The van der Waals surface area contributed by atoms with Gasteiger partial charge >= 0.3 is 0 Å². The number of anilines is 1. The molecule has 0 aliphatic heterocycles. The van der Waals surface area contributed by atoms with Crippen molar-refractivity contribution in [2.45, 2.75) is 32.2 Å². The summed E-state index contributed by atoms with van der Waals surface area (Å²) in [4.78, 5) is 4.70.